The summed E-state index contributed by atoms with van der Waals surface area (Å²) in [4.78, 5) is 29.8. The van der Waals surface area contributed by atoms with Gasteiger partial charge in [0, 0.05) is 11.4 Å². The maximum Gasteiger partial charge on any atom is 0.336 e. The fraction of sp³-hybridized carbons (Fsp3) is 0.261. The molecule has 0 spiro atoms. The summed E-state index contributed by atoms with van der Waals surface area (Å²) in [5.74, 6) is -1.93. The predicted octanol–water partition coefficient (Wildman–Crippen LogP) is 4.16. The molecule has 1 aromatic carbocycles. The van der Waals surface area contributed by atoms with Crippen LogP contribution >= 0.6 is 0 Å². The molecule has 6 heteroatoms. The highest BCUT2D eigenvalue weighted by atomic mass is 16.5. The zero-order valence-electron chi connectivity index (χ0n) is 16.6. The summed E-state index contributed by atoms with van der Waals surface area (Å²) in [7, 11) is 1.31. The Balaban J connectivity index is 1.84. The highest BCUT2D eigenvalue weighted by Gasteiger charge is 2.43. The number of benzene rings is 1. The molecule has 2 unspecified atom stereocenters. The van der Waals surface area contributed by atoms with Crippen molar-refractivity contribution >= 4 is 23.7 Å². The summed E-state index contributed by atoms with van der Waals surface area (Å²) in [5, 5.41) is 0. The first-order valence-electron chi connectivity index (χ1n) is 9.28. The van der Waals surface area contributed by atoms with E-state index in [4.69, 9.17) is 13.9 Å². The molecule has 0 saturated heterocycles. The zero-order valence-corrected chi connectivity index (χ0v) is 16.6. The number of nitrogens with zero attached hydrogens (tertiary/aromatic N) is 1. The number of hydrogen-bond donors (Lipinski definition) is 0. The Kier molecular flexibility index (Phi) is 6.44. The number of methoxy groups -OCH3 is 1. The summed E-state index contributed by atoms with van der Waals surface area (Å²) in [5.41, 5.74) is 2.38. The molecule has 0 saturated carbocycles. The van der Waals surface area contributed by atoms with E-state index in [1.54, 1.807) is 32.1 Å². The van der Waals surface area contributed by atoms with E-state index in [1.807, 2.05) is 36.4 Å². The molecule has 0 N–H and O–H groups in total. The Labute approximate surface area is 169 Å². The van der Waals surface area contributed by atoms with Crippen molar-refractivity contribution in [1.29, 1.82) is 0 Å². The molecule has 2 aromatic rings. The van der Waals surface area contributed by atoms with Crippen molar-refractivity contribution in [3.8, 4) is 0 Å². The van der Waals surface area contributed by atoms with Crippen LogP contribution in [0, 0.1) is 5.92 Å². The van der Waals surface area contributed by atoms with E-state index >= 15 is 0 Å². The number of aliphatic imine (C=N–C) groups is 1. The molecular weight excluding hydrogens is 370 g/mol. The van der Waals surface area contributed by atoms with Crippen LogP contribution in [0.2, 0.25) is 0 Å². The van der Waals surface area contributed by atoms with E-state index < -0.39 is 23.8 Å². The third-order valence-corrected chi connectivity index (χ3v) is 4.77. The van der Waals surface area contributed by atoms with Crippen molar-refractivity contribution in [3.63, 3.8) is 0 Å². The van der Waals surface area contributed by atoms with Gasteiger partial charge in [-0.2, -0.15) is 0 Å². The van der Waals surface area contributed by atoms with Crippen LogP contribution in [-0.2, 0) is 19.1 Å². The molecule has 0 bridgehead atoms. The molecular formula is C23H23NO5. The van der Waals surface area contributed by atoms with Crippen LogP contribution in [0.4, 0.5) is 0 Å². The second-order valence-electron chi connectivity index (χ2n) is 6.66. The average molecular weight is 393 g/mol. The molecule has 1 aromatic heterocycles. The van der Waals surface area contributed by atoms with E-state index in [-0.39, 0.29) is 6.61 Å². The van der Waals surface area contributed by atoms with Crippen molar-refractivity contribution in [2.75, 3.05) is 13.7 Å². The zero-order chi connectivity index (χ0) is 20.8. The van der Waals surface area contributed by atoms with Crippen molar-refractivity contribution < 1.29 is 23.5 Å². The fourth-order valence-corrected chi connectivity index (χ4v) is 3.46. The van der Waals surface area contributed by atoms with Gasteiger partial charge in [0.15, 0.2) is 0 Å². The van der Waals surface area contributed by atoms with E-state index in [9.17, 15) is 9.59 Å². The Bertz CT molecular complexity index is 954. The van der Waals surface area contributed by atoms with Gasteiger partial charge < -0.3 is 13.9 Å². The van der Waals surface area contributed by atoms with Crippen LogP contribution in [0.25, 0.3) is 6.08 Å². The summed E-state index contributed by atoms with van der Waals surface area (Å²) in [6.45, 7) is 3.57. The molecule has 29 heavy (non-hydrogen) atoms. The number of carbonyl (C=O) groups excluding carboxylic acids is 2. The first-order valence-corrected chi connectivity index (χ1v) is 9.28. The van der Waals surface area contributed by atoms with Gasteiger partial charge in [0.2, 0.25) is 0 Å². The minimum atomic E-state index is -0.753. The Morgan fingerprint density at radius 2 is 1.90 bits per heavy atom. The minimum absolute atomic E-state index is 0.0982. The molecule has 3 rings (SSSR count). The molecule has 1 aliphatic heterocycles. The molecule has 0 radical (unpaired) electrons. The van der Waals surface area contributed by atoms with Crippen LogP contribution in [0.1, 0.15) is 31.1 Å². The summed E-state index contributed by atoms with van der Waals surface area (Å²) >= 11 is 0. The Morgan fingerprint density at radius 3 is 2.55 bits per heavy atom. The van der Waals surface area contributed by atoms with Gasteiger partial charge >= 0.3 is 11.9 Å². The Morgan fingerprint density at radius 1 is 1.14 bits per heavy atom. The van der Waals surface area contributed by atoms with Gasteiger partial charge in [0.25, 0.3) is 0 Å². The van der Waals surface area contributed by atoms with Gasteiger partial charge in [-0.15, -0.1) is 0 Å². The van der Waals surface area contributed by atoms with Gasteiger partial charge in [0.1, 0.15) is 18.3 Å². The molecule has 2 atom stereocenters. The lowest BCUT2D eigenvalue weighted by molar-refractivity contribution is -0.144. The first kappa shape index (κ1) is 20.3. The van der Waals surface area contributed by atoms with E-state index in [1.165, 1.54) is 13.4 Å². The monoisotopic (exact) mass is 393 g/mol. The van der Waals surface area contributed by atoms with Gasteiger partial charge in [-0.25, -0.2) is 4.79 Å². The normalized spacial score (nSPS) is 19.2. The maximum absolute atomic E-state index is 12.9. The third kappa shape index (κ3) is 4.54. The lowest BCUT2D eigenvalue weighted by atomic mass is 9.78. The van der Waals surface area contributed by atoms with Crippen molar-refractivity contribution in [3.05, 3.63) is 77.4 Å². The van der Waals surface area contributed by atoms with Gasteiger partial charge in [-0.1, -0.05) is 36.4 Å². The molecule has 0 fully saturated rings. The number of hydrogen-bond acceptors (Lipinski definition) is 6. The Hall–Kier alpha value is -3.41. The van der Waals surface area contributed by atoms with Gasteiger partial charge in [0.05, 0.1) is 24.9 Å². The second-order valence-corrected chi connectivity index (χ2v) is 6.66. The standard InChI is InChI=1S/C23H23NO5/c1-15-19(22(25)27-3)21(18-12-8-13-28-18)20(16(2)24-15)23(26)29-14-7-11-17-9-5-4-6-10-17/h4-13,19,21H,14H2,1-3H3. The van der Waals surface area contributed by atoms with Crippen molar-refractivity contribution in [2.45, 2.75) is 19.8 Å². The van der Waals surface area contributed by atoms with Gasteiger partial charge in [-0.3, -0.25) is 9.79 Å². The van der Waals surface area contributed by atoms with Crippen LogP contribution in [-0.4, -0.2) is 31.4 Å². The molecule has 0 aliphatic carbocycles. The third-order valence-electron chi connectivity index (χ3n) is 4.77. The lowest BCUT2D eigenvalue weighted by Gasteiger charge is -2.29. The molecule has 0 amide bonds. The summed E-state index contributed by atoms with van der Waals surface area (Å²) in [6, 6.07) is 13.2. The number of furan rings is 1. The smallest absolute Gasteiger partial charge is 0.336 e. The molecule has 6 nitrogen and oxygen atoms in total. The topological polar surface area (TPSA) is 78.1 Å². The van der Waals surface area contributed by atoms with Crippen LogP contribution < -0.4 is 0 Å². The second kappa shape index (κ2) is 9.19. The van der Waals surface area contributed by atoms with Gasteiger partial charge in [-0.05, 0) is 37.6 Å². The summed E-state index contributed by atoms with van der Waals surface area (Å²) < 4.78 is 15.9. The minimum Gasteiger partial charge on any atom is -0.469 e. The molecule has 2 heterocycles. The molecule has 1 aliphatic rings. The van der Waals surface area contributed by atoms with E-state index in [0.29, 0.717) is 22.7 Å². The molecule has 150 valence electrons. The summed E-state index contributed by atoms with van der Waals surface area (Å²) in [6.07, 6.45) is 5.14. The highest BCUT2D eigenvalue weighted by Crippen LogP contribution is 2.40. The lowest BCUT2D eigenvalue weighted by Crippen LogP contribution is -2.36. The SMILES string of the molecule is COC(=O)C1C(C)=NC(C)=C(C(=O)OCC=Cc2ccccc2)C1c1ccco1. The fourth-order valence-electron chi connectivity index (χ4n) is 3.46. The van der Waals surface area contributed by atoms with E-state index in [2.05, 4.69) is 4.99 Å². The number of rotatable bonds is 6. The number of ether oxygens (including phenoxy) is 2. The maximum atomic E-state index is 12.9. The highest BCUT2D eigenvalue weighted by molar-refractivity contribution is 6.06. The van der Waals surface area contributed by atoms with Crippen molar-refractivity contribution in [2.24, 2.45) is 10.9 Å². The quantitative estimate of drug-likeness (QED) is 0.689. The number of allylic oxidation sites excluding steroid dienone is 1. The van der Waals surface area contributed by atoms with E-state index in [0.717, 1.165) is 5.56 Å². The van der Waals surface area contributed by atoms with Crippen LogP contribution in [0.15, 0.2) is 75.5 Å². The first-order chi connectivity index (χ1) is 14.0. The van der Waals surface area contributed by atoms with Crippen molar-refractivity contribution in [1.82, 2.24) is 0 Å². The number of carbonyl (C=O) groups is 2. The average Bonchev–Trinajstić information content (AvgIpc) is 3.25. The largest absolute Gasteiger partial charge is 0.469 e. The predicted molar refractivity (Wildman–Crippen MR) is 109 cm³/mol. The van der Waals surface area contributed by atoms with Crippen LogP contribution in [0.3, 0.4) is 0 Å². The van der Waals surface area contributed by atoms with Crippen LogP contribution in [0.5, 0.6) is 0 Å². The number of esters is 2.